The highest BCUT2D eigenvalue weighted by atomic mass is 35.5. The summed E-state index contributed by atoms with van der Waals surface area (Å²) in [5.74, 6) is 0.815. The highest BCUT2D eigenvalue weighted by Gasteiger charge is 2.32. The van der Waals surface area contributed by atoms with E-state index < -0.39 is 0 Å². The number of ether oxygens (including phenoxy) is 1. The van der Waals surface area contributed by atoms with Crippen molar-refractivity contribution in [1.82, 2.24) is 10.2 Å². The van der Waals surface area contributed by atoms with Crippen LogP contribution in [0, 0.1) is 5.92 Å². The van der Waals surface area contributed by atoms with E-state index in [1.807, 2.05) is 0 Å². The van der Waals surface area contributed by atoms with Crippen LogP contribution < -0.4 is 5.32 Å². The fourth-order valence-corrected chi connectivity index (χ4v) is 2.72. The predicted octanol–water partition coefficient (Wildman–Crippen LogP) is 1.86. The van der Waals surface area contributed by atoms with Gasteiger partial charge >= 0.3 is 0 Å². The first-order valence-corrected chi connectivity index (χ1v) is 6.13. The zero-order valence-corrected chi connectivity index (χ0v) is 11.5. The van der Waals surface area contributed by atoms with Crippen LogP contribution in [0.15, 0.2) is 0 Å². The number of nitrogens with one attached hydrogen (secondary N) is 1. The smallest absolute Gasteiger partial charge is 0.109 e. The Kier molecular flexibility index (Phi) is 5.05. The molecule has 2 atom stereocenters. The third kappa shape index (κ3) is 3.88. The fourth-order valence-electron chi connectivity index (χ4n) is 2.72. The minimum Gasteiger partial charge on any atom is -0.361 e. The summed E-state index contributed by atoms with van der Waals surface area (Å²) in [6, 6.07) is 0. The van der Waals surface area contributed by atoms with Crippen molar-refractivity contribution in [3.05, 3.63) is 0 Å². The molecule has 96 valence electrons. The molecule has 2 aliphatic heterocycles. The van der Waals surface area contributed by atoms with Crippen molar-refractivity contribution in [2.45, 2.75) is 44.9 Å². The van der Waals surface area contributed by atoms with Gasteiger partial charge in [0.1, 0.15) is 6.23 Å². The molecule has 2 rings (SSSR count). The van der Waals surface area contributed by atoms with Crippen molar-refractivity contribution in [3.8, 4) is 0 Å². The van der Waals surface area contributed by atoms with Gasteiger partial charge in [-0.15, -0.1) is 12.4 Å². The molecule has 2 aliphatic rings. The Morgan fingerprint density at radius 3 is 2.75 bits per heavy atom. The molecule has 0 spiro atoms. The second-order valence-corrected chi connectivity index (χ2v) is 5.83. The SMILES string of the molecule is CN1CCCC(CC2NC(C)(C)CO2)C1.Cl. The molecular weight excluding hydrogens is 224 g/mol. The lowest BCUT2D eigenvalue weighted by molar-refractivity contribution is 0.0633. The molecule has 0 saturated carbocycles. The van der Waals surface area contributed by atoms with Gasteiger partial charge < -0.3 is 9.64 Å². The summed E-state index contributed by atoms with van der Waals surface area (Å²) < 4.78 is 5.78. The van der Waals surface area contributed by atoms with Crippen LogP contribution in [0.1, 0.15) is 33.1 Å². The molecule has 2 fully saturated rings. The van der Waals surface area contributed by atoms with E-state index in [2.05, 4.69) is 31.1 Å². The normalized spacial score (nSPS) is 34.7. The fraction of sp³-hybridized carbons (Fsp3) is 1.00. The van der Waals surface area contributed by atoms with Crippen LogP contribution in [0.2, 0.25) is 0 Å². The first kappa shape index (κ1) is 14.2. The molecular formula is C12H25ClN2O. The van der Waals surface area contributed by atoms with Gasteiger partial charge in [0.15, 0.2) is 0 Å². The highest BCUT2D eigenvalue weighted by molar-refractivity contribution is 5.85. The largest absolute Gasteiger partial charge is 0.361 e. The molecule has 16 heavy (non-hydrogen) atoms. The first-order chi connectivity index (χ1) is 7.05. The molecule has 0 aromatic rings. The van der Waals surface area contributed by atoms with Crippen LogP contribution in [0.25, 0.3) is 0 Å². The van der Waals surface area contributed by atoms with Gasteiger partial charge in [-0.1, -0.05) is 0 Å². The van der Waals surface area contributed by atoms with Crippen LogP contribution in [-0.2, 0) is 4.74 Å². The predicted molar refractivity (Wildman–Crippen MR) is 69.0 cm³/mol. The van der Waals surface area contributed by atoms with Crippen LogP contribution >= 0.6 is 12.4 Å². The Labute approximate surface area is 105 Å². The van der Waals surface area contributed by atoms with Gasteiger partial charge in [-0.05, 0) is 52.6 Å². The standard InChI is InChI=1S/C12H24N2O.ClH/c1-12(2)9-15-11(13-12)7-10-5-4-6-14(3)8-10;/h10-11,13H,4-9H2,1-3H3;1H. The number of rotatable bonds is 2. The second-order valence-electron chi connectivity index (χ2n) is 5.83. The minimum absolute atomic E-state index is 0. The topological polar surface area (TPSA) is 24.5 Å². The maximum Gasteiger partial charge on any atom is 0.109 e. The first-order valence-electron chi connectivity index (χ1n) is 6.13. The average molecular weight is 249 g/mol. The number of nitrogens with zero attached hydrogens (tertiary/aromatic N) is 1. The van der Waals surface area contributed by atoms with Crippen molar-refractivity contribution in [3.63, 3.8) is 0 Å². The maximum absolute atomic E-state index is 5.78. The van der Waals surface area contributed by atoms with Gasteiger partial charge in [-0.25, -0.2) is 0 Å². The van der Waals surface area contributed by atoms with E-state index in [1.165, 1.54) is 32.4 Å². The van der Waals surface area contributed by atoms with Crippen molar-refractivity contribution in [1.29, 1.82) is 0 Å². The molecule has 0 aromatic carbocycles. The highest BCUT2D eigenvalue weighted by Crippen LogP contribution is 2.24. The number of halogens is 1. The van der Waals surface area contributed by atoms with Crippen LogP contribution in [0.5, 0.6) is 0 Å². The Bertz CT molecular complexity index is 223. The number of hydrogen-bond acceptors (Lipinski definition) is 3. The summed E-state index contributed by atoms with van der Waals surface area (Å²) >= 11 is 0. The van der Waals surface area contributed by atoms with Gasteiger partial charge in [0, 0.05) is 12.1 Å². The Balaban J connectivity index is 0.00000128. The van der Waals surface area contributed by atoms with Crippen molar-refractivity contribution < 1.29 is 4.74 Å². The van der Waals surface area contributed by atoms with E-state index in [-0.39, 0.29) is 24.2 Å². The maximum atomic E-state index is 5.78. The van der Waals surface area contributed by atoms with Gasteiger partial charge in [0.2, 0.25) is 0 Å². The van der Waals surface area contributed by atoms with Crippen molar-refractivity contribution in [2.24, 2.45) is 5.92 Å². The zero-order chi connectivity index (χ0) is 10.9. The van der Waals surface area contributed by atoms with Gasteiger partial charge in [0.05, 0.1) is 6.61 Å². The van der Waals surface area contributed by atoms with E-state index in [4.69, 9.17) is 4.74 Å². The molecule has 0 aromatic heterocycles. The van der Waals surface area contributed by atoms with E-state index in [9.17, 15) is 0 Å². The molecule has 0 radical (unpaired) electrons. The average Bonchev–Trinajstić information content (AvgIpc) is 2.45. The third-order valence-electron chi connectivity index (χ3n) is 3.47. The summed E-state index contributed by atoms with van der Waals surface area (Å²) in [5.41, 5.74) is 0.172. The van der Waals surface area contributed by atoms with Gasteiger partial charge in [0.25, 0.3) is 0 Å². The third-order valence-corrected chi connectivity index (χ3v) is 3.47. The van der Waals surface area contributed by atoms with E-state index in [1.54, 1.807) is 0 Å². The zero-order valence-electron chi connectivity index (χ0n) is 10.7. The van der Waals surface area contributed by atoms with Gasteiger partial charge in [-0.3, -0.25) is 5.32 Å². The Hall–Kier alpha value is 0.170. The number of piperidine rings is 1. The summed E-state index contributed by atoms with van der Waals surface area (Å²) in [6.07, 6.45) is 4.17. The molecule has 2 heterocycles. The summed E-state index contributed by atoms with van der Waals surface area (Å²) in [6.45, 7) is 7.77. The van der Waals surface area contributed by atoms with Crippen LogP contribution in [0.4, 0.5) is 0 Å². The quantitative estimate of drug-likeness (QED) is 0.808. The van der Waals surface area contributed by atoms with Gasteiger partial charge in [-0.2, -0.15) is 0 Å². The molecule has 0 aliphatic carbocycles. The van der Waals surface area contributed by atoms with E-state index in [0.29, 0.717) is 0 Å². The van der Waals surface area contributed by atoms with Crippen LogP contribution in [-0.4, -0.2) is 43.4 Å². The second kappa shape index (κ2) is 5.67. The van der Waals surface area contributed by atoms with E-state index in [0.717, 1.165) is 12.5 Å². The number of likely N-dealkylation sites (tertiary alicyclic amines) is 1. The molecule has 4 heteroatoms. The lowest BCUT2D eigenvalue weighted by atomic mass is 9.94. The summed E-state index contributed by atoms with van der Waals surface area (Å²) in [7, 11) is 2.22. The summed E-state index contributed by atoms with van der Waals surface area (Å²) in [5, 5.41) is 3.55. The summed E-state index contributed by atoms with van der Waals surface area (Å²) in [4.78, 5) is 2.44. The lowest BCUT2D eigenvalue weighted by Gasteiger charge is -2.31. The minimum atomic E-state index is 0. The molecule has 1 N–H and O–H groups in total. The molecule has 3 nitrogen and oxygen atoms in total. The molecule has 2 saturated heterocycles. The number of hydrogen-bond donors (Lipinski definition) is 1. The van der Waals surface area contributed by atoms with Crippen molar-refractivity contribution in [2.75, 3.05) is 26.7 Å². The Morgan fingerprint density at radius 2 is 2.19 bits per heavy atom. The lowest BCUT2D eigenvalue weighted by Crippen LogP contribution is -2.41. The molecule has 0 amide bonds. The molecule has 0 bridgehead atoms. The van der Waals surface area contributed by atoms with E-state index >= 15 is 0 Å². The van der Waals surface area contributed by atoms with Crippen LogP contribution in [0.3, 0.4) is 0 Å². The monoisotopic (exact) mass is 248 g/mol. The Morgan fingerprint density at radius 1 is 1.44 bits per heavy atom. The molecule has 2 unspecified atom stereocenters. The van der Waals surface area contributed by atoms with Crippen molar-refractivity contribution >= 4 is 12.4 Å².